The van der Waals surface area contributed by atoms with Crippen LogP contribution < -0.4 is 15.5 Å². The summed E-state index contributed by atoms with van der Waals surface area (Å²) in [5, 5.41) is 18.3. The molecule has 2 atom stereocenters. The number of nitrogens with zero attached hydrogens (tertiary/aromatic N) is 3. The predicted octanol–water partition coefficient (Wildman–Crippen LogP) is 2.92. The number of rotatable bonds is 6. The van der Waals surface area contributed by atoms with Gasteiger partial charge in [-0.25, -0.2) is 4.98 Å². The van der Waals surface area contributed by atoms with Crippen LogP contribution in [-0.4, -0.2) is 55.4 Å². The minimum absolute atomic E-state index is 0.215. The van der Waals surface area contributed by atoms with Crippen LogP contribution in [0.5, 0.6) is 0 Å². The molecule has 0 radical (unpaired) electrons. The molecule has 0 spiro atoms. The number of fused-ring (bicyclic) bond motifs is 1. The molecule has 3 aromatic rings. The van der Waals surface area contributed by atoms with E-state index in [4.69, 9.17) is 4.74 Å². The minimum Gasteiger partial charge on any atom is -0.386 e. The summed E-state index contributed by atoms with van der Waals surface area (Å²) >= 11 is 1.62. The van der Waals surface area contributed by atoms with E-state index in [1.54, 1.807) is 18.4 Å². The lowest BCUT2D eigenvalue weighted by molar-refractivity contribution is 0.0529. The number of aliphatic hydroxyl groups excluding tert-OH is 1. The minimum atomic E-state index is -0.591. The number of pyridine rings is 1. The Morgan fingerprint density at radius 1 is 1.32 bits per heavy atom. The van der Waals surface area contributed by atoms with E-state index in [-0.39, 0.29) is 6.10 Å². The number of aliphatic imine (C=N–C) groups is 1. The summed E-state index contributed by atoms with van der Waals surface area (Å²) in [6, 6.07) is 14.3. The molecular formula is C23H29N5O2S. The summed E-state index contributed by atoms with van der Waals surface area (Å²) in [6.45, 7) is 5.52. The number of benzene rings is 1. The summed E-state index contributed by atoms with van der Waals surface area (Å²) in [4.78, 5) is 12.0. The van der Waals surface area contributed by atoms with E-state index in [0.717, 1.165) is 41.3 Å². The molecule has 1 saturated heterocycles. The first-order valence-electron chi connectivity index (χ1n) is 10.5. The lowest BCUT2D eigenvalue weighted by Crippen LogP contribution is -2.41. The number of morpholine rings is 1. The molecule has 31 heavy (non-hydrogen) atoms. The summed E-state index contributed by atoms with van der Waals surface area (Å²) in [7, 11) is 1.73. The first-order chi connectivity index (χ1) is 15.1. The summed E-state index contributed by atoms with van der Waals surface area (Å²) < 4.78 is 6.81. The van der Waals surface area contributed by atoms with Crippen molar-refractivity contribution in [2.75, 3.05) is 38.2 Å². The Bertz CT molecular complexity index is 1000. The van der Waals surface area contributed by atoms with Crippen molar-refractivity contribution < 1.29 is 9.84 Å². The second-order valence-electron chi connectivity index (χ2n) is 7.66. The monoisotopic (exact) mass is 439 g/mol. The van der Waals surface area contributed by atoms with Crippen LogP contribution >= 0.6 is 11.3 Å². The largest absolute Gasteiger partial charge is 0.386 e. The van der Waals surface area contributed by atoms with Gasteiger partial charge in [0.1, 0.15) is 11.9 Å². The second-order valence-corrected chi connectivity index (χ2v) is 8.77. The van der Waals surface area contributed by atoms with Gasteiger partial charge in [-0.2, -0.15) is 0 Å². The molecule has 7 nitrogen and oxygen atoms in total. The first kappa shape index (κ1) is 21.5. The van der Waals surface area contributed by atoms with Crippen molar-refractivity contribution in [2.45, 2.75) is 25.7 Å². The van der Waals surface area contributed by atoms with Gasteiger partial charge in [0.05, 0.1) is 12.7 Å². The van der Waals surface area contributed by atoms with Crippen molar-refractivity contribution in [3.05, 3.63) is 59.1 Å². The van der Waals surface area contributed by atoms with Crippen molar-refractivity contribution in [2.24, 2.45) is 4.99 Å². The maximum Gasteiger partial charge on any atom is 0.191 e. The summed E-state index contributed by atoms with van der Waals surface area (Å²) in [6.07, 6.45) is 1.47. The van der Waals surface area contributed by atoms with E-state index in [2.05, 4.69) is 50.6 Å². The lowest BCUT2D eigenvalue weighted by Gasteiger charge is -2.32. The van der Waals surface area contributed by atoms with Crippen molar-refractivity contribution in [1.29, 1.82) is 0 Å². The van der Waals surface area contributed by atoms with Gasteiger partial charge >= 0.3 is 0 Å². The molecule has 1 fully saturated rings. The zero-order valence-electron chi connectivity index (χ0n) is 17.9. The predicted molar refractivity (Wildman–Crippen MR) is 127 cm³/mol. The SMILES string of the molecule is CN=C(NCc1ccnc(N2CCOC(C)C2)c1)NCC(O)c1cc2ccccc2s1. The first-order valence-corrected chi connectivity index (χ1v) is 11.4. The topological polar surface area (TPSA) is 82.0 Å². The Hall–Kier alpha value is -2.68. The number of aromatic nitrogens is 1. The third-order valence-electron chi connectivity index (χ3n) is 5.29. The molecule has 3 heterocycles. The Morgan fingerprint density at radius 3 is 3.00 bits per heavy atom. The number of thiophene rings is 1. The molecule has 8 heteroatoms. The van der Waals surface area contributed by atoms with Crippen LogP contribution in [0.1, 0.15) is 23.5 Å². The molecule has 0 aliphatic carbocycles. The van der Waals surface area contributed by atoms with Crippen LogP contribution in [0.2, 0.25) is 0 Å². The molecule has 2 aromatic heterocycles. The highest BCUT2D eigenvalue weighted by molar-refractivity contribution is 7.19. The number of aliphatic hydroxyl groups is 1. The lowest BCUT2D eigenvalue weighted by atomic mass is 10.2. The van der Waals surface area contributed by atoms with E-state index >= 15 is 0 Å². The normalized spacial score (nSPS) is 18.2. The molecule has 164 valence electrons. The summed E-state index contributed by atoms with van der Waals surface area (Å²) in [5.74, 6) is 1.62. The van der Waals surface area contributed by atoms with Crippen LogP contribution in [0.4, 0.5) is 5.82 Å². The number of hydrogen-bond acceptors (Lipinski definition) is 6. The van der Waals surface area contributed by atoms with Gasteiger partial charge in [0, 0.05) is 49.0 Å². The van der Waals surface area contributed by atoms with Crippen LogP contribution in [-0.2, 0) is 11.3 Å². The molecular weight excluding hydrogens is 410 g/mol. The molecule has 1 aliphatic heterocycles. The van der Waals surface area contributed by atoms with Gasteiger partial charge in [-0.15, -0.1) is 11.3 Å². The highest BCUT2D eigenvalue weighted by Gasteiger charge is 2.18. The second kappa shape index (κ2) is 10.1. The van der Waals surface area contributed by atoms with Gasteiger partial charge in [0.25, 0.3) is 0 Å². The van der Waals surface area contributed by atoms with E-state index in [1.165, 1.54) is 4.70 Å². The quantitative estimate of drug-likeness (QED) is 0.405. The molecule has 0 amide bonds. The Kier molecular flexibility index (Phi) is 7.01. The third-order valence-corrected chi connectivity index (χ3v) is 6.51. The molecule has 3 N–H and O–H groups in total. The number of ether oxygens (including phenoxy) is 1. The number of anilines is 1. The average molecular weight is 440 g/mol. The van der Waals surface area contributed by atoms with Crippen molar-refractivity contribution in [3.8, 4) is 0 Å². The van der Waals surface area contributed by atoms with Gasteiger partial charge in [-0.1, -0.05) is 18.2 Å². The van der Waals surface area contributed by atoms with E-state index in [9.17, 15) is 5.11 Å². The highest BCUT2D eigenvalue weighted by atomic mass is 32.1. The van der Waals surface area contributed by atoms with Gasteiger partial charge in [-0.3, -0.25) is 4.99 Å². The fourth-order valence-electron chi connectivity index (χ4n) is 3.64. The number of hydrogen-bond donors (Lipinski definition) is 3. The zero-order chi connectivity index (χ0) is 21.6. The smallest absolute Gasteiger partial charge is 0.191 e. The molecule has 0 saturated carbocycles. The van der Waals surface area contributed by atoms with E-state index in [0.29, 0.717) is 19.0 Å². The molecule has 1 aliphatic rings. The Labute approximate surface area is 186 Å². The van der Waals surface area contributed by atoms with Gasteiger partial charge in [-0.05, 0) is 42.1 Å². The molecule has 4 rings (SSSR count). The fourth-order valence-corrected chi connectivity index (χ4v) is 4.69. The van der Waals surface area contributed by atoms with Crippen molar-refractivity contribution >= 4 is 33.2 Å². The Morgan fingerprint density at radius 2 is 2.19 bits per heavy atom. The molecule has 2 unspecified atom stereocenters. The maximum atomic E-state index is 10.6. The fraction of sp³-hybridized carbons (Fsp3) is 0.391. The molecule has 0 bridgehead atoms. The van der Waals surface area contributed by atoms with Crippen LogP contribution in [0.3, 0.4) is 0 Å². The van der Waals surface area contributed by atoms with Crippen LogP contribution in [0.15, 0.2) is 53.7 Å². The van der Waals surface area contributed by atoms with Crippen molar-refractivity contribution in [3.63, 3.8) is 0 Å². The van der Waals surface area contributed by atoms with Crippen LogP contribution in [0, 0.1) is 0 Å². The van der Waals surface area contributed by atoms with Gasteiger partial charge in [0.2, 0.25) is 0 Å². The maximum absolute atomic E-state index is 10.6. The van der Waals surface area contributed by atoms with Crippen LogP contribution in [0.25, 0.3) is 10.1 Å². The average Bonchev–Trinajstić information content (AvgIpc) is 3.24. The zero-order valence-corrected chi connectivity index (χ0v) is 18.7. The van der Waals surface area contributed by atoms with E-state index < -0.39 is 6.10 Å². The van der Waals surface area contributed by atoms with Gasteiger partial charge < -0.3 is 25.4 Å². The highest BCUT2D eigenvalue weighted by Crippen LogP contribution is 2.29. The standard InChI is InChI=1S/C23H29N5O2S/c1-16-15-28(9-10-30-16)22-11-17(7-8-25-22)13-26-23(24-2)27-14-19(29)21-12-18-5-3-4-6-20(18)31-21/h3-8,11-12,16,19,29H,9-10,13-15H2,1-2H3,(H2,24,26,27). The Balaban J connectivity index is 1.31. The number of nitrogens with one attached hydrogen (secondary N) is 2. The van der Waals surface area contributed by atoms with Gasteiger partial charge in [0.15, 0.2) is 5.96 Å². The van der Waals surface area contributed by atoms with Crippen molar-refractivity contribution in [1.82, 2.24) is 15.6 Å². The summed E-state index contributed by atoms with van der Waals surface area (Å²) in [5.41, 5.74) is 1.12. The third kappa shape index (κ3) is 5.52. The molecule has 1 aromatic carbocycles. The van der Waals surface area contributed by atoms with E-state index in [1.807, 2.05) is 30.5 Å². The number of guanidine groups is 1.